The van der Waals surface area contributed by atoms with Crippen LogP contribution in [-0.2, 0) is 11.2 Å². The van der Waals surface area contributed by atoms with Crippen molar-refractivity contribution in [1.29, 1.82) is 0 Å². The molecule has 2 saturated heterocycles. The summed E-state index contributed by atoms with van der Waals surface area (Å²) in [4.78, 5) is 27.0. The third-order valence-corrected chi connectivity index (χ3v) is 9.20. The summed E-state index contributed by atoms with van der Waals surface area (Å²) < 4.78 is 38.6. The topological polar surface area (TPSA) is 49.3 Å². The highest BCUT2D eigenvalue weighted by molar-refractivity contribution is 7.59. The van der Waals surface area contributed by atoms with Crippen LogP contribution in [0.3, 0.4) is 0 Å². The molecule has 0 unspecified atom stereocenters. The van der Waals surface area contributed by atoms with Crippen molar-refractivity contribution in [2.24, 2.45) is 23.2 Å². The predicted octanol–water partition coefficient (Wildman–Crippen LogP) is 4.77. The molecule has 2 aromatic heterocycles. The van der Waals surface area contributed by atoms with E-state index in [-0.39, 0.29) is 24.3 Å². The van der Waals surface area contributed by atoms with E-state index in [0.717, 1.165) is 62.6 Å². The summed E-state index contributed by atoms with van der Waals surface area (Å²) in [5, 5.41) is 0.712. The molecule has 3 atom stereocenters. The second kappa shape index (κ2) is 8.29. The van der Waals surface area contributed by atoms with E-state index in [4.69, 9.17) is 0 Å². The van der Waals surface area contributed by atoms with Crippen molar-refractivity contribution in [1.82, 2.24) is 14.9 Å². The van der Waals surface area contributed by atoms with Crippen LogP contribution in [0.2, 0.25) is 0 Å². The molecule has 0 N–H and O–H groups in total. The van der Waals surface area contributed by atoms with Gasteiger partial charge in [-0.05, 0) is 61.8 Å². The number of thiophene rings is 1. The molecular weight excluding hydrogens is 469 g/mol. The number of piperidine rings is 1. The fourth-order valence-corrected chi connectivity index (χ4v) is 7.30. The number of amides is 1. The maximum absolute atomic E-state index is 13.1. The SMILES string of the molecule is O=C([C@H]1CCC2(CC2)C1)N1CC[C@@H]2CN(c3ncnc4sc(CC(F)(F)F)cc34)C[C@@H]2C1.S. The number of hydrogen-bond acceptors (Lipinski definition) is 5. The Hall–Kier alpha value is -1.55. The van der Waals surface area contributed by atoms with Crippen molar-refractivity contribution < 1.29 is 18.0 Å². The van der Waals surface area contributed by atoms with Crippen LogP contribution in [-0.4, -0.2) is 53.1 Å². The number of rotatable bonds is 3. The van der Waals surface area contributed by atoms with Crippen LogP contribution in [0.1, 0.15) is 43.4 Å². The summed E-state index contributed by atoms with van der Waals surface area (Å²) >= 11 is 1.10. The molecule has 2 aromatic rings. The summed E-state index contributed by atoms with van der Waals surface area (Å²) in [7, 11) is 0. The van der Waals surface area contributed by atoms with Gasteiger partial charge >= 0.3 is 6.18 Å². The monoisotopic (exact) mass is 498 g/mol. The number of anilines is 1. The molecule has 1 spiro atoms. The molecule has 2 aliphatic carbocycles. The van der Waals surface area contributed by atoms with Gasteiger partial charge in [0.05, 0.1) is 11.8 Å². The normalized spacial score (nSPS) is 28.3. The summed E-state index contributed by atoms with van der Waals surface area (Å²) in [6, 6.07) is 1.61. The molecular formula is C23H29F3N4OS2. The Bertz CT molecular complexity index is 1050. The number of fused-ring (bicyclic) bond motifs is 2. The van der Waals surface area contributed by atoms with Gasteiger partial charge in [0.25, 0.3) is 0 Å². The number of likely N-dealkylation sites (tertiary alicyclic amines) is 1. The molecule has 1 amide bonds. The number of carbonyl (C=O) groups is 1. The molecule has 180 valence electrons. The molecule has 6 rings (SSSR count). The van der Waals surface area contributed by atoms with Gasteiger partial charge in [-0.25, -0.2) is 9.97 Å². The number of carbonyl (C=O) groups excluding carboxylic acids is 1. The van der Waals surface area contributed by atoms with Gasteiger partial charge < -0.3 is 9.80 Å². The lowest BCUT2D eigenvalue weighted by molar-refractivity contribution is -0.137. The number of nitrogens with zero attached hydrogens (tertiary/aromatic N) is 4. The first kappa shape index (κ1) is 23.2. The molecule has 5 nitrogen and oxygen atoms in total. The second-order valence-corrected chi connectivity index (χ2v) is 11.5. The predicted molar refractivity (Wildman–Crippen MR) is 127 cm³/mol. The van der Waals surface area contributed by atoms with E-state index >= 15 is 0 Å². The van der Waals surface area contributed by atoms with Crippen molar-refractivity contribution >= 4 is 46.8 Å². The number of alkyl halides is 3. The van der Waals surface area contributed by atoms with Gasteiger partial charge in [0.15, 0.2) is 0 Å². The highest BCUT2D eigenvalue weighted by atomic mass is 32.1. The zero-order chi connectivity index (χ0) is 22.1. The zero-order valence-corrected chi connectivity index (χ0v) is 20.2. The van der Waals surface area contributed by atoms with Crippen LogP contribution >= 0.6 is 24.8 Å². The molecule has 4 heterocycles. The first-order valence-corrected chi connectivity index (χ1v) is 12.4. The van der Waals surface area contributed by atoms with Gasteiger partial charge in [-0.2, -0.15) is 26.7 Å². The van der Waals surface area contributed by atoms with Crippen molar-refractivity contribution in [3.8, 4) is 0 Å². The Morgan fingerprint density at radius 2 is 1.91 bits per heavy atom. The molecule has 0 radical (unpaired) electrons. The Labute approximate surface area is 202 Å². The molecule has 0 bridgehead atoms. The van der Waals surface area contributed by atoms with Gasteiger partial charge in [-0.3, -0.25) is 4.79 Å². The lowest BCUT2D eigenvalue weighted by Crippen LogP contribution is -2.45. The van der Waals surface area contributed by atoms with E-state index in [2.05, 4.69) is 19.8 Å². The molecule has 4 aliphatic rings. The quantitative estimate of drug-likeness (QED) is 0.612. The first-order valence-electron chi connectivity index (χ1n) is 11.6. The summed E-state index contributed by atoms with van der Waals surface area (Å²) in [6.07, 6.45) is 3.24. The Morgan fingerprint density at radius 1 is 1.12 bits per heavy atom. The Kier molecular flexibility index (Phi) is 5.83. The van der Waals surface area contributed by atoms with Gasteiger partial charge in [-0.15, -0.1) is 11.3 Å². The molecule has 2 aliphatic heterocycles. The maximum Gasteiger partial charge on any atom is 0.393 e. The average Bonchev–Trinajstić information content (AvgIpc) is 3.07. The molecule has 4 fully saturated rings. The van der Waals surface area contributed by atoms with Crippen LogP contribution in [0.15, 0.2) is 12.4 Å². The van der Waals surface area contributed by atoms with Crippen molar-refractivity contribution in [3.05, 3.63) is 17.3 Å². The van der Waals surface area contributed by atoms with Gasteiger partial charge in [-0.1, -0.05) is 0 Å². The van der Waals surface area contributed by atoms with Crippen LogP contribution in [0.25, 0.3) is 10.2 Å². The minimum Gasteiger partial charge on any atom is -0.355 e. The average molecular weight is 499 g/mol. The minimum atomic E-state index is -4.23. The fraction of sp³-hybridized carbons (Fsp3) is 0.696. The maximum atomic E-state index is 13.1. The smallest absolute Gasteiger partial charge is 0.355 e. The molecule has 0 aromatic carbocycles. The lowest BCUT2D eigenvalue weighted by Gasteiger charge is -2.35. The Balaban J connectivity index is 0.00000228. The highest BCUT2D eigenvalue weighted by Crippen LogP contribution is 2.59. The van der Waals surface area contributed by atoms with E-state index < -0.39 is 12.6 Å². The standard InChI is InChI=1S/C23H27F3N4OS.H2S/c24-23(25,26)9-17-7-18-19(27-13-28-20(18)32-17)30-10-15-2-6-29(11-16(15)12-30)21(31)14-1-3-22(8-14)4-5-22;/h7,13-16H,1-6,8-12H2;1H2/t14-,15+,16-;/m0./s1. The summed E-state index contributed by atoms with van der Waals surface area (Å²) in [5.74, 6) is 2.19. The molecule has 2 saturated carbocycles. The molecule has 10 heteroatoms. The van der Waals surface area contributed by atoms with Gasteiger partial charge in [0.1, 0.15) is 17.0 Å². The van der Waals surface area contributed by atoms with Gasteiger partial charge in [0.2, 0.25) is 5.91 Å². The third kappa shape index (κ3) is 4.45. The van der Waals surface area contributed by atoms with E-state index in [1.165, 1.54) is 25.6 Å². The van der Waals surface area contributed by atoms with Crippen molar-refractivity contribution in [2.75, 3.05) is 31.1 Å². The minimum absolute atomic E-state index is 0. The number of aromatic nitrogens is 2. The van der Waals surface area contributed by atoms with Crippen LogP contribution in [0, 0.1) is 23.2 Å². The third-order valence-electron chi connectivity index (χ3n) is 8.16. The van der Waals surface area contributed by atoms with Crippen LogP contribution in [0.4, 0.5) is 19.0 Å². The summed E-state index contributed by atoms with van der Waals surface area (Å²) in [6.45, 7) is 3.25. The zero-order valence-electron chi connectivity index (χ0n) is 18.4. The van der Waals surface area contributed by atoms with Crippen molar-refractivity contribution in [3.63, 3.8) is 0 Å². The molecule has 33 heavy (non-hydrogen) atoms. The van der Waals surface area contributed by atoms with E-state index in [1.807, 2.05) is 0 Å². The number of hydrogen-bond donors (Lipinski definition) is 0. The number of halogens is 3. The van der Waals surface area contributed by atoms with Gasteiger partial charge in [0, 0.05) is 37.0 Å². The van der Waals surface area contributed by atoms with E-state index in [0.29, 0.717) is 33.4 Å². The van der Waals surface area contributed by atoms with Crippen molar-refractivity contribution in [2.45, 2.75) is 51.1 Å². The van der Waals surface area contributed by atoms with Crippen LogP contribution < -0.4 is 4.90 Å². The van der Waals surface area contributed by atoms with E-state index in [9.17, 15) is 18.0 Å². The van der Waals surface area contributed by atoms with Crippen LogP contribution in [0.5, 0.6) is 0 Å². The largest absolute Gasteiger partial charge is 0.393 e. The highest BCUT2D eigenvalue weighted by Gasteiger charge is 2.51. The second-order valence-electron chi connectivity index (χ2n) is 10.4. The fourth-order valence-electron chi connectivity index (χ4n) is 6.28. The Morgan fingerprint density at radius 3 is 2.64 bits per heavy atom. The lowest BCUT2D eigenvalue weighted by atomic mass is 9.88. The van der Waals surface area contributed by atoms with E-state index in [1.54, 1.807) is 6.07 Å². The first-order chi connectivity index (χ1) is 15.3. The summed E-state index contributed by atoms with van der Waals surface area (Å²) in [5.41, 5.74) is 0.507.